The largest absolute Gasteiger partial charge is 0.377 e. The Morgan fingerprint density at radius 3 is 2.24 bits per heavy atom. The molecular weight excluding hydrogens is 419 g/mol. The molecule has 4 heterocycles. The van der Waals surface area contributed by atoms with Crippen LogP contribution in [0.4, 0.5) is 4.39 Å². The average molecular weight is 451 g/mol. The van der Waals surface area contributed by atoms with Crippen molar-refractivity contribution in [2.75, 3.05) is 46.0 Å². The van der Waals surface area contributed by atoms with Crippen LogP contribution < -0.4 is 0 Å². The van der Waals surface area contributed by atoms with E-state index in [4.69, 9.17) is 9.47 Å². The first-order valence-electron chi connectivity index (χ1n) is 12.2. The number of rotatable bonds is 4. The molecule has 0 saturated carbocycles. The highest BCUT2D eigenvalue weighted by Crippen LogP contribution is 2.44. The Kier molecular flexibility index (Phi) is 5.28. The maximum Gasteiger partial charge on any atom is 0.226 e. The number of carbonyl (C=O) groups is 1. The summed E-state index contributed by atoms with van der Waals surface area (Å²) in [5.41, 5.74) is 2.15. The Morgan fingerprint density at radius 1 is 0.939 bits per heavy atom. The average Bonchev–Trinajstić information content (AvgIpc) is 3.59. The summed E-state index contributed by atoms with van der Waals surface area (Å²) in [6, 6.07) is 17.3. The zero-order valence-corrected chi connectivity index (χ0v) is 18.9. The topological polar surface area (TPSA) is 45.3 Å². The van der Waals surface area contributed by atoms with Gasteiger partial charge in [-0.1, -0.05) is 42.5 Å². The first kappa shape index (κ1) is 21.3. The van der Waals surface area contributed by atoms with Gasteiger partial charge in [0, 0.05) is 31.5 Å². The number of ether oxygens (including phenoxy) is 2. The van der Waals surface area contributed by atoms with Gasteiger partial charge in [0.2, 0.25) is 5.91 Å². The third kappa shape index (κ3) is 3.78. The molecule has 4 fully saturated rings. The monoisotopic (exact) mass is 450 g/mol. The van der Waals surface area contributed by atoms with Gasteiger partial charge in [0.05, 0.1) is 31.0 Å². The number of piperidine rings is 2. The normalized spacial score (nSPS) is 28.3. The molecule has 33 heavy (non-hydrogen) atoms. The molecule has 1 amide bonds. The van der Waals surface area contributed by atoms with Crippen LogP contribution in [0.1, 0.15) is 36.3 Å². The van der Waals surface area contributed by atoms with Crippen LogP contribution >= 0.6 is 0 Å². The lowest BCUT2D eigenvalue weighted by Gasteiger charge is -2.54. The van der Waals surface area contributed by atoms with Gasteiger partial charge < -0.3 is 14.4 Å². The molecule has 0 unspecified atom stereocenters. The summed E-state index contributed by atoms with van der Waals surface area (Å²) < 4.78 is 24.9. The van der Waals surface area contributed by atoms with Gasteiger partial charge in [-0.2, -0.15) is 0 Å². The van der Waals surface area contributed by atoms with Gasteiger partial charge in [0.25, 0.3) is 0 Å². The van der Waals surface area contributed by atoms with Crippen molar-refractivity contribution < 1.29 is 18.7 Å². The lowest BCUT2D eigenvalue weighted by molar-refractivity contribution is -0.162. The van der Waals surface area contributed by atoms with E-state index in [9.17, 15) is 9.18 Å². The van der Waals surface area contributed by atoms with Crippen LogP contribution in [0.3, 0.4) is 0 Å². The van der Waals surface area contributed by atoms with Crippen molar-refractivity contribution in [3.63, 3.8) is 0 Å². The molecule has 0 aliphatic carbocycles. The highest BCUT2D eigenvalue weighted by molar-refractivity contribution is 5.80. The molecule has 4 aliphatic heterocycles. The van der Waals surface area contributed by atoms with Crippen molar-refractivity contribution in [2.45, 2.75) is 36.3 Å². The molecule has 6 heteroatoms. The van der Waals surface area contributed by atoms with Crippen LogP contribution in [-0.2, 0) is 19.8 Å². The van der Waals surface area contributed by atoms with Crippen molar-refractivity contribution in [2.24, 2.45) is 5.92 Å². The minimum atomic E-state index is -0.241. The van der Waals surface area contributed by atoms with Crippen molar-refractivity contribution in [1.82, 2.24) is 9.80 Å². The van der Waals surface area contributed by atoms with Gasteiger partial charge in [0.1, 0.15) is 5.82 Å². The highest BCUT2D eigenvalue weighted by atomic mass is 19.1. The number of likely N-dealkylation sites (tertiary alicyclic amines) is 2. The van der Waals surface area contributed by atoms with Crippen molar-refractivity contribution in [3.05, 3.63) is 71.5 Å². The maximum absolute atomic E-state index is 13.7. The minimum Gasteiger partial charge on any atom is -0.377 e. The lowest BCUT2D eigenvalue weighted by Crippen LogP contribution is -2.63. The molecule has 174 valence electrons. The van der Waals surface area contributed by atoms with Crippen LogP contribution in [0, 0.1) is 11.7 Å². The molecule has 6 rings (SSSR count). The maximum atomic E-state index is 13.7. The number of carbonyl (C=O) groups excluding carboxylic acids is 1. The number of hydrogen-bond acceptors (Lipinski definition) is 4. The number of benzene rings is 2. The predicted octanol–water partition coefficient (Wildman–Crippen LogP) is 3.55. The fourth-order valence-electron chi connectivity index (χ4n) is 6.02. The summed E-state index contributed by atoms with van der Waals surface area (Å²) in [6.07, 6.45) is 2.73. The zero-order chi connectivity index (χ0) is 22.5. The molecule has 0 N–H and O–H groups in total. The molecular formula is C27H31FN2O3. The van der Waals surface area contributed by atoms with Crippen LogP contribution in [0.25, 0.3) is 0 Å². The van der Waals surface area contributed by atoms with Crippen molar-refractivity contribution >= 4 is 5.91 Å². The summed E-state index contributed by atoms with van der Waals surface area (Å²) in [7, 11) is 0. The van der Waals surface area contributed by atoms with Crippen molar-refractivity contribution in [1.29, 1.82) is 0 Å². The fraction of sp³-hybridized carbons (Fsp3) is 0.519. The summed E-state index contributed by atoms with van der Waals surface area (Å²) >= 11 is 0. The Hall–Kier alpha value is -2.28. The van der Waals surface area contributed by atoms with Crippen LogP contribution in [0.15, 0.2) is 54.6 Å². The lowest BCUT2D eigenvalue weighted by atomic mass is 9.76. The van der Waals surface area contributed by atoms with Gasteiger partial charge >= 0.3 is 0 Å². The van der Waals surface area contributed by atoms with E-state index >= 15 is 0 Å². The SMILES string of the molecule is O=C([C@@H]1CCN(C2(c3ccc(F)cc3)COC2)C[C@H]1c1ccccc1)N1CCC2(CC1)CO2. The third-order valence-corrected chi connectivity index (χ3v) is 8.37. The number of amides is 1. The van der Waals surface area contributed by atoms with Gasteiger partial charge in [-0.15, -0.1) is 0 Å². The summed E-state index contributed by atoms with van der Waals surface area (Å²) in [5, 5.41) is 0. The van der Waals surface area contributed by atoms with Gasteiger partial charge in [-0.3, -0.25) is 9.69 Å². The Morgan fingerprint density at radius 2 is 1.64 bits per heavy atom. The Bertz CT molecular complexity index is 994. The standard InChI is InChI=1S/C27H31FN2O3/c28-22-8-6-21(7-9-22)27(18-32-19-27)30-13-10-23(24(16-30)20-4-2-1-3-5-20)25(31)29-14-11-26(12-15-29)17-33-26/h1-9,23-24H,10-19H2/t23-,24+/m1/s1. The Labute approximate surface area is 194 Å². The predicted molar refractivity (Wildman–Crippen MR) is 122 cm³/mol. The van der Waals surface area contributed by atoms with E-state index in [1.807, 2.05) is 18.2 Å². The van der Waals surface area contributed by atoms with E-state index in [-0.39, 0.29) is 28.8 Å². The molecule has 0 aromatic heterocycles. The van der Waals surface area contributed by atoms with E-state index in [2.05, 4.69) is 34.1 Å². The van der Waals surface area contributed by atoms with Crippen LogP contribution in [-0.4, -0.2) is 67.3 Å². The second-order valence-corrected chi connectivity index (χ2v) is 10.2. The molecule has 4 saturated heterocycles. The minimum absolute atomic E-state index is 0.0240. The second kappa shape index (κ2) is 8.19. The third-order valence-electron chi connectivity index (χ3n) is 8.37. The number of halogens is 1. The van der Waals surface area contributed by atoms with Crippen molar-refractivity contribution in [3.8, 4) is 0 Å². The molecule has 4 aliphatic rings. The van der Waals surface area contributed by atoms with E-state index < -0.39 is 0 Å². The molecule has 2 atom stereocenters. The fourth-order valence-corrected chi connectivity index (χ4v) is 6.02. The first-order valence-corrected chi connectivity index (χ1v) is 12.2. The van der Waals surface area contributed by atoms with Gasteiger partial charge in [0.15, 0.2) is 0 Å². The summed E-state index contributed by atoms with van der Waals surface area (Å²) in [4.78, 5) is 18.3. The number of nitrogens with zero attached hydrogens (tertiary/aromatic N) is 2. The Balaban J connectivity index is 1.25. The zero-order valence-electron chi connectivity index (χ0n) is 18.9. The number of hydrogen-bond donors (Lipinski definition) is 0. The molecule has 0 radical (unpaired) electrons. The van der Waals surface area contributed by atoms with Crippen LogP contribution in [0.5, 0.6) is 0 Å². The van der Waals surface area contributed by atoms with Gasteiger partial charge in [-0.05, 0) is 49.1 Å². The van der Waals surface area contributed by atoms with E-state index in [0.29, 0.717) is 19.1 Å². The number of epoxide rings is 1. The van der Waals surface area contributed by atoms with Crippen LogP contribution in [0.2, 0.25) is 0 Å². The van der Waals surface area contributed by atoms with Gasteiger partial charge in [-0.25, -0.2) is 4.39 Å². The molecule has 2 aromatic rings. The molecule has 5 nitrogen and oxygen atoms in total. The van der Waals surface area contributed by atoms with E-state index in [0.717, 1.165) is 57.6 Å². The highest BCUT2D eigenvalue weighted by Gasteiger charge is 2.51. The second-order valence-electron chi connectivity index (χ2n) is 10.2. The molecule has 1 spiro atoms. The molecule has 0 bridgehead atoms. The van der Waals surface area contributed by atoms with E-state index in [1.54, 1.807) is 0 Å². The quantitative estimate of drug-likeness (QED) is 0.669. The summed E-state index contributed by atoms with van der Waals surface area (Å²) in [6.45, 7) is 5.29. The molecule has 2 aromatic carbocycles. The first-order chi connectivity index (χ1) is 16.1. The van der Waals surface area contributed by atoms with E-state index in [1.165, 1.54) is 17.7 Å². The smallest absolute Gasteiger partial charge is 0.226 e. The summed E-state index contributed by atoms with van der Waals surface area (Å²) in [5.74, 6) is 0.169.